The molecule has 0 aromatic heterocycles. The van der Waals surface area contributed by atoms with Crippen molar-refractivity contribution in [2.45, 2.75) is 13.8 Å². The summed E-state index contributed by atoms with van der Waals surface area (Å²) in [5.41, 5.74) is 0. The molecule has 0 atom stereocenters. The van der Waals surface area contributed by atoms with Crippen LogP contribution in [0.5, 0.6) is 0 Å². The number of rotatable bonds is 0. The molecule has 0 radical (unpaired) electrons. The first-order valence-electron chi connectivity index (χ1n) is 4.19. The number of hydrogen-bond donors (Lipinski definition) is 0. The molecule has 0 saturated carbocycles. The summed E-state index contributed by atoms with van der Waals surface area (Å²) in [5, 5.41) is 0. The van der Waals surface area contributed by atoms with Gasteiger partial charge in [-0.1, -0.05) is 13.8 Å². The van der Waals surface area contributed by atoms with Crippen molar-refractivity contribution < 1.29 is 13.5 Å². The number of likely N-dealkylation sites (N-methyl/N-ethyl adjacent to an activating group) is 1. The van der Waals surface area contributed by atoms with E-state index in [9.17, 15) is 8.78 Å². The fraction of sp³-hybridized carbons (Fsp3) is 1.00. The lowest BCUT2D eigenvalue weighted by molar-refractivity contribution is 0.0503. The number of nitrogens with zero attached hydrogens (tertiary/aromatic N) is 1. The van der Waals surface area contributed by atoms with Crippen LogP contribution >= 0.6 is 0 Å². The maximum absolute atomic E-state index is 9.62. The van der Waals surface area contributed by atoms with Gasteiger partial charge in [0.15, 0.2) is 0 Å². The predicted octanol–water partition coefficient (Wildman–Crippen LogP) is 1.86. The van der Waals surface area contributed by atoms with Crippen molar-refractivity contribution in [3.05, 3.63) is 0 Å². The molecular weight excluding hydrogens is 164 g/mol. The fourth-order valence-corrected chi connectivity index (χ4v) is 0.655. The standard InChI is InChI=1S/C5H11NO.C2H6.CH2F2/c1-6-2-4-7-5-3-6;1-2;2-1-3/h2-5H2,1H3;1-2H3;1H2. The molecule has 0 aliphatic carbocycles. The summed E-state index contributed by atoms with van der Waals surface area (Å²) >= 11 is 0. The maximum Gasteiger partial charge on any atom is 0.229 e. The molecule has 0 aromatic rings. The van der Waals surface area contributed by atoms with Crippen LogP contribution < -0.4 is 0 Å². The van der Waals surface area contributed by atoms with Crippen molar-refractivity contribution in [2.24, 2.45) is 0 Å². The fourth-order valence-electron chi connectivity index (χ4n) is 0.655. The summed E-state index contributed by atoms with van der Waals surface area (Å²) in [7, 11) is 2.11. The Morgan fingerprint density at radius 1 is 1.17 bits per heavy atom. The van der Waals surface area contributed by atoms with Gasteiger partial charge in [-0.25, -0.2) is 8.78 Å². The maximum atomic E-state index is 9.62. The number of morpholine rings is 1. The zero-order chi connectivity index (χ0) is 9.82. The van der Waals surface area contributed by atoms with E-state index in [-0.39, 0.29) is 0 Å². The average molecular weight is 183 g/mol. The Morgan fingerprint density at radius 3 is 1.67 bits per heavy atom. The quantitative estimate of drug-likeness (QED) is 0.568. The minimum absolute atomic E-state index is 0.913. The van der Waals surface area contributed by atoms with Gasteiger partial charge >= 0.3 is 0 Å². The Morgan fingerprint density at radius 2 is 1.50 bits per heavy atom. The third-order valence-electron chi connectivity index (χ3n) is 1.23. The lowest BCUT2D eigenvalue weighted by atomic mass is 10.5. The van der Waals surface area contributed by atoms with Crippen LogP contribution in [-0.2, 0) is 4.74 Å². The van der Waals surface area contributed by atoms with Gasteiger partial charge in [-0.15, -0.1) is 0 Å². The SMILES string of the molecule is CC.CN1CCOCC1.FCF. The Hall–Kier alpha value is -0.220. The minimum Gasteiger partial charge on any atom is -0.379 e. The lowest BCUT2D eigenvalue weighted by Gasteiger charge is -2.21. The molecule has 12 heavy (non-hydrogen) atoms. The summed E-state index contributed by atoms with van der Waals surface area (Å²) in [6, 6.07) is 0. The molecule has 1 saturated heterocycles. The molecule has 1 heterocycles. The largest absolute Gasteiger partial charge is 0.379 e. The van der Waals surface area contributed by atoms with Gasteiger partial charge in [0, 0.05) is 13.1 Å². The van der Waals surface area contributed by atoms with Crippen LogP contribution in [0.4, 0.5) is 8.78 Å². The second-order valence-corrected chi connectivity index (χ2v) is 2.02. The Balaban J connectivity index is 0. The third-order valence-corrected chi connectivity index (χ3v) is 1.23. The highest BCUT2D eigenvalue weighted by molar-refractivity contribution is 4.53. The summed E-state index contributed by atoms with van der Waals surface area (Å²) in [5.74, 6) is 0. The summed E-state index contributed by atoms with van der Waals surface area (Å²) in [6.07, 6.45) is 0. The number of halogens is 2. The van der Waals surface area contributed by atoms with Crippen LogP contribution in [0.25, 0.3) is 0 Å². The van der Waals surface area contributed by atoms with Gasteiger partial charge < -0.3 is 9.64 Å². The average Bonchev–Trinajstić information content (AvgIpc) is 2.11. The van der Waals surface area contributed by atoms with Crippen LogP contribution in [0.2, 0.25) is 0 Å². The highest BCUT2D eigenvalue weighted by Gasteiger charge is 2.02. The van der Waals surface area contributed by atoms with Crippen LogP contribution in [0.15, 0.2) is 0 Å². The molecule has 1 fully saturated rings. The third kappa shape index (κ3) is 12.5. The first kappa shape index (κ1) is 14.3. The van der Waals surface area contributed by atoms with E-state index in [1.54, 1.807) is 0 Å². The highest BCUT2D eigenvalue weighted by Crippen LogP contribution is 1.89. The molecule has 76 valence electrons. The van der Waals surface area contributed by atoms with Gasteiger partial charge in [0.25, 0.3) is 0 Å². The van der Waals surface area contributed by atoms with E-state index in [1.807, 2.05) is 13.8 Å². The van der Waals surface area contributed by atoms with E-state index in [1.165, 1.54) is 0 Å². The molecular formula is C8H19F2NO. The number of ether oxygens (including phenoxy) is 1. The highest BCUT2D eigenvalue weighted by atomic mass is 19.3. The molecule has 1 aliphatic rings. The van der Waals surface area contributed by atoms with Crippen molar-refractivity contribution in [3.63, 3.8) is 0 Å². The van der Waals surface area contributed by atoms with E-state index in [4.69, 9.17) is 4.74 Å². The summed E-state index contributed by atoms with van der Waals surface area (Å²) in [6.45, 7) is 6.27. The molecule has 0 aromatic carbocycles. The van der Waals surface area contributed by atoms with E-state index in [0.717, 1.165) is 26.3 Å². The van der Waals surface area contributed by atoms with Crippen LogP contribution in [-0.4, -0.2) is 45.2 Å². The van der Waals surface area contributed by atoms with E-state index >= 15 is 0 Å². The van der Waals surface area contributed by atoms with E-state index < -0.39 is 6.93 Å². The molecule has 4 heteroatoms. The van der Waals surface area contributed by atoms with Gasteiger partial charge in [-0.3, -0.25) is 0 Å². The summed E-state index contributed by atoms with van der Waals surface area (Å²) in [4.78, 5) is 2.27. The van der Waals surface area contributed by atoms with Crippen molar-refractivity contribution in [1.82, 2.24) is 4.90 Å². The smallest absolute Gasteiger partial charge is 0.229 e. The van der Waals surface area contributed by atoms with Gasteiger partial charge in [0.2, 0.25) is 6.93 Å². The van der Waals surface area contributed by atoms with Crippen molar-refractivity contribution in [3.8, 4) is 0 Å². The second-order valence-electron chi connectivity index (χ2n) is 2.02. The number of alkyl halides is 2. The monoisotopic (exact) mass is 183 g/mol. The van der Waals surface area contributed by atoms with E-state index in [0.29, 0.717) is 0 Å². The van der Waals surface area contributed by atoms with Gasteiger partial charge in [-0.2, -0.15) is 0 Å². The molecule has 0 N–H and O–H groups in total. The van der Waals surface area contributed by atoms with Gasteiger partial charge in [0.05, 0.1) is 13.2 Å². The predicted molar refractivity (Wildman–Crippen MR) is 46.7 cm³/mol. The van der Waals surface area contributed by atoms with E-state index in [2.05, 4.69) is 11.9 Å². The van der Waals surface area contributed by atoms with Crippen LogP contribution in [0.3, 0.4) is 0 Å². The molecule has 0 bridgehead atoms. The van der Waals surface area contributed by atoms with Crippen molar-refractivity contribution in [2.75, 3.05) is 40.3 Å². The molecule has 2 nitrogen and oxygen atoms in total. The normalized spacial score (nSPS) is 16.8. The number of hydrogen-bond acceptors (Lipinski definition) is 2. The van der Waals surface area contributed by atoms with Crippen LogP contribution in [0.1, 0.15) is 13.8 Å². The summed E-state index contributed by atoms with van der Waals surface area (Å²) < 4.78 is 24.3. The minimum atomic E-state index is -1.75. The zero-order valence-corrected chi connectivity index (χ0v) is 8.15. The molecule has 0 unspecified atom stereocenters. The molecule has 0 spiro atoms. The lowest BCUT2D eigenvalue weighted by Crippen LogP contribution is -2.32. The van der Waals surface area contributed by atoms with Gasteiger partial charge in [-0.05, 0) is 7.05 Å². The Labute approximate surface area is 73.5 Å². The molecule has 0 amide bonds. The molecule has 1 rings (SSSR count). The zero-order valence-electron chi connectivity index (χ0n) is 8.15. The Bertz CT molecular complexity index is 68.1. The first-order chi connectivity index (χ1) is 5.81. The molecule has 1 aliphatic heterocycles. The Kier molecular flexibility index (Phi) is 16.0. The first-order valence-corrected chi connectivity index (χ1v) is 4.19. The van der Waals surface area contributed by atoms with Crippen LogP contribution in [0, 0.1) is 0 Å². The second kappa shape index (κ2) is 13.4. The van der Waals surface area contributed by atoms with Crippen molar-refractivity contribution in [1.29, 1.82) is 0 Å². The van der Waals surface area contributed by atoms with Gasteiger partial charge in [0.1, 0.15) is 0 Å². The topological polar surface area (TPSA) is 12.5 Å². The van der Waals surface area contributed by atoms with Crippen molar-refractivity contribution >= 4 is 0 Å².